The van der Waals surface area contributed by atoms with Crippen molar-refractivity contribution in [2.24, 2.45) is 11.3 Å². The second-order valence-corrected chi connectivity index (χ2v) is 4.02. The predicted molar refractivity (Wildman–Crippen MR) is 47.4 cm³/mol. The number of likely N-dealkylation sites (tertiary alicyclic amines) is 1. The Kier molecular flexibility index (Phi) is 1.39. The molecule has 0 aromatic heterocycles. The molecule has 0 bridgehead atoms. The Balaban J connectivity index is 2.19. The Labute approximate surface area is 73.2 Å². The van der Waals surface area contributed by atoms with Gasteiger partial charge in [0.2, 0.25) is 5.91 Å². The Bertz CT molecular complexity index is 267. The van der Waals surface area contributed by atoms with E-state index in [0.717, 1.165) is 13.0 Å². The maximum atomic E-state index is 11.6. The summed E-state index contributed by atoms with van der Waals surface area (Å²) in [5.41, 5.74) is 1.40. The highest BCUT2D eigenvalue weighted by Crippen LogP contribution is 2.57. The fraction of sp³-hybridized carbons (Fsp3) is 0.700. The molecule has 0 saturated carbocycles. The number of hydrogen-bond donors (Lipinski definition) is 0. The SMILES string of the molecule is CCCN1C(=O)C(C)C2(C)C=C12. The molecule has 1 saturated heterocycles. The second kappa shape index (κ2) is 2.12. The Morgan fingerprint density at radius 2 is 2.33 bits per heavy atom. The Morgan fingerprint density at radius 1 is 1.67 bits per heavy atom. The average molecular weight is 165 g/mol. The van der Waals surface area contributed by atoms with Gasteiger partial charge in [-0.2, -0.15) is 0 Å². The summed E-state index contributed by atoms with van der Waals surface area (Å²) in [6.07, 6.45) is 3.26. The standard InChI is InChI=1S/C10H15NO/c1-4-5-11-8-6-10(8,3)7(2)9(11)12/h6-7H,4-5H2,1-3H3. The van der Waals surface area contributed by atoms with Crippen molar-refractivity contribution < 1.29 is 4.79 Å². The molecule has 1 fully saturated rings. The van der Waals surface area contributed by atoms with Gasteiger partial charge in [0.15, 0.2) is 0 Å². The lowest BCUT2D eigenvalue weighted by molar-refractivity contribution is -0.130. The van der Waals surface area contributed by atoms with Gasteiger partial charge in [0, 0.05) is 17.7 Å². The first-order valence-electron chi connectivity index (χ1n) is 4.66. The van der Waals surface area contributed by atoms with E-state index in [1.54, 1.807) is 0 Å². The van der Waals surface area contributed by atoms with E-state index >= 15 is 0 Å². The summed E-state index contributed by atoms with van der Waals surface area (Å²) in [6.45, 7) is 7.18. The maximum Gasteiger partial charge on any atom is 0.230 e. The predicted octanol–water partition coefficient (Wildman–Crippen LogP) is 1.78. The van der Waals surface area contributed by atoms with Crippen molar-refractivity contribution in [3.05, 3.63) is 11.8 Å². The van der Waals surface area contributed by atoms with Crippen LogP contribution in [0.2, 0.25) is 0 Å². The van der Waals surface area contributed by atoms with E-state index in [4.69, 9.17) is 0 Å². The summed E-state index contributed by atoms with van der Waals surface area (Å²) in [5, 5.41) is 0. The number of allylic oxidation sites excluding steroid dienone is 2. The normalized spacial score (nSPS) is 38.2. The third-order valence-corrected chi connectivity index (χ3v) is 3.18. The van der Waals surface area contributed by atoms with Crippen molar-refractivity contribution in [3.8, 4) is 0 Å². The summed E-state index contributed by atoms with van der Waals surface area (Å²) in [6, 6.07) is 0. The lowest BCUT2D eigenvalue weighted by Crippen LogP contribution is -2.27. The molecule has 0 spiro atoms. The van der Waals surface area contributed by atoms with Crippen molar-refractivity contribution in [2.75, 3.05) is 6.54 Å². The van der Waals surface area contributed by atoms with Crippen LogP contribution in [0.1, 0.15) is 27.2 Å². The molecule has 2 nitrogen and oxygen atoms in total. The zero-order chi connectivity index (χ0) is 8.93. The molecule has 1 aliphatic heterocycles. The molecule has 2 rings (SSSR count). The van der Waals surface area contributed by atoms with Crippen LogP contribution >= 0.6 is 0 Å². The van der Waals surface area contributed by atoms with Gasteiger partial charge in [-0.25, -0.2) is 0 Å². The molecule has 2 atom stereocenters. The fourth-order valence-corrected chi connectivity index (χ4v) is 2.03. The highest BCUT2D eigenvalue weighted by molar-refractivity contribution is 5.89. The van der Waals surface area contributed by atoms with Gasteiger partial charge in [0.25, 0.3) is 0 Å². The van der Waals surface area contributed by atoms with E-state index in [1.807, 2.05) is 11.8 Å². The van der Waals surface area contributed by atoms with Crippen LogP contribution in [-0.4, -0.2) is 17.4 Å². The van der Waals surface area contributed by atoms with E-state index in [2.05, 4.69) is 19.9 Å². The number of amides is 1. The maximum absolute atomic E-state index is 11.6. The molecule has 2 aliphatic rings. The van der Waals surface area contributed by atoms with Crippen molar-refractivity contribution in [3.63, 3.8) is 0 Å². The lowest BCUT2D eigenvalue weighted by atomic mass is 9.92. The molecule has 2 unspecified atom stereocenters. The largest absolute Gasteiger partial charge is 0.315 e. The number of carbonyl (C=O) groups excluding carboxylic acids is 1. The monoisotopic (exact) mass is 165 g/mol. The average Bonchev–Trinajstić information content (AvgIpc) is 2.67. The Hall–Kier alpha value is -0.790. The molecular formula is C10H15NO. The first-order valence-corrected chi connectivity index (χ1v) is 4.66. The summed E-state index contributed by atoms with van der Waals surface area (Å²) in [7, 11) is 0. The fourth-order valence-electron chi connectivity index (χ4n) is 2.03. The van der Waals surface area contributed by atoms with Crippen molar-refractivity contribution in [2.45, 2.75) is 27.2 Å². The van der Waals surface area contributed by atoms with Gasteiger partial charge in [-0.05, 0) is 13.3 Å². The van der Waals surface area contributed by atoms with Crippen molar-refractivity contribution >= 4 is 5.91 Å². The zero-order valence-corrected chi connectivity index (χ0v) is 7.92. The van der Waals surface area contributed by atoms with Crippen LogP contribution in [0, 0.1) is 11.3 Å². The van der Waals surface area contributed by atoms with E-state index in [9.17, 15) is 4.79 Å². The van der Waals surface area contributed by atoms with Crippen LogP contribution in [0.25, 0.3) is 0 Å². The summed E-state index contributed by atoms with van der Waals surface area (Å²) in [5.74, 6) is 0.496. The molecule has 1 amide bonds. The van der Waals surface area contributed by atoms with E-state index in [0.29, 0.717) is 5.91 Å². The van der Waals surface area contributed by atoms with Crippen molar-refractivity contribution in [1.29, 1.82) is 0 Å². The molecule has 0 radical (unpaired) electrons. The summed E-state index contributed by atoms with van der Waals surface area (Å²) in [4.78, 5) is 13.6. The Morgan fingerprint density at radius 3 is 2.75 bits per heavy atom. The minimum absolute atomic E-state index is 0.131. The van der Waals surface area contributed by atoms with Crippen LogP contribution in [-0.2, 0) is 4.79 Å². The van der Waals surface area contributed by atoms with Gasteiger partial charge in [0.05, 0.1) is 5.92 Å². The quantitative estimate of drug-likeness (QED) is 0.610. The minimum Gasteiger partial charge on any atom is -0.315 e. The van der Waals surface area contributed by atoms with Gasteiger partial charge >= 0.3 is 0 Å². The molecule has 2 heteroatoms. The molecule has 66 valence electrons. The van der Waals surface area contributed by atoms with E-state index in [-0.39, 0.29) is 11.3 Å². The highest BCUT2D eigenvalue weighted by Gasteiger charge is 2.57. The van der Waals surface area contributed by atoms with E-state index in [1.165, 1.54) is 5.70 Å². The van der Waals surface area contributed by atoms with Crippen LogP contribution < -0.4 is 0 Å². The van der Waals surface area contributed by atoms with Crippen LogP contribution in [0.5, 0.6) is 0 Å². The first kappa shape index (κ1) is 7.84. The highest BCUT2D eigenvalue weighted by atomic mass is 16.2. The van der Waals surface area contributed by atoms with Gasteiger partial charge in [-0.15, -0.1) is 0 Å². The van der Waals surface area contributed by atoms with Gasteiger partial charge in [-0.1, -0.05) is 19.9 Å². The molecular weight excluding hydrogens is 150 g/mol. The molecule has 0 aromatic rings. The molecule has 1 aliphatic carbocycles. The zero-order valence-electron chi connectivity index (χ0n) is 7.92. The number of hydrogen-bond acceptors (Lipinski definition) is 1. The van der Waals surface area contributed by atoms with E-state index < -0.39 is 0 Å². The minimum atomic E-state index is 0.131. The third kappa shape index (κ3) is 0.728. The summed E-state index contributed by atoms with van der Waals surface area (Å²) >= 11 is 0. The molecule has 0 aromatic carbocycles. The van der Waals surface area contributed by atoms with Crippen LogP contribution in [0.15, 0.2) is 11.8 Å². The third-order valence-electron chi connectivity index (χ3n) is 3.18. The molecule has 12 heavy (non-hydrogen) atoms. The smallest absolute Gasteiger partial charge is 0.230 e. The van der Waals surface area contributed by atoms with Gasteiger partial charge in [-0.3, -0.25) is 4.79 Å². The van der Waals surface area contributed by atoms with Crippen LogP contribution in [0.4, 0.5) is 0 Å². The second-order valence-electron chi connectivity index (χ2n) is 4.02. The number of rotatable bonds is 2. The number of carbonyl (C=O) groups is 1. The topological polar surface area (TPSA) is 20.3 Å². The lowest BCUT2D eigenvalue weighted by Gasteiger charge is -2.14. The van der Waals surface area contributed by atoms with Gasteiger partial charge in [0.1, 0.15) is 0 Å². The number of fused-ring (bicyclic) bond motifs is 1. The van der Waals surface area contributed by atoms with Gasteiger partial charge < -0.3 is 4.90 Å². The van der Waals surface area contributed by atoms with Crippen LogP contribution in [0.3, 0.4) is 0 Å². The first-order chi connectivity index (χ1) is 5.61. The summed E-state index contributed by atoms with van der Waals surface area (Å²) < 4.78 is 0. The molecule has 0 N–H and O–H groups in total. The molecule has 1 heterocycles. The van der Waals surface area contributed by atoms with Crippen molar-refractivity contribution in [1.82, 2.24) is 4.90 Å². The number of nitrogens with zero attached hydrogens (tertiary/aromatic N) is 1.